The van der Waals surface area contributed by atoms with Crippen LogP contribution >= 0.6 is 11.6 Å². The molecule has 0 heterocycles. The lowest BCUT2D eigenvalue weighted by molar-refractivity contribution is 0.199. The highest BCUT2D eigenvalue weighted by Gasteiger charge is 2.09. The number of methoxy groups -OCH3 is 1. The minimum Gasteiger partial charge on any atom is -0.493 e. The van der Waals surface area contributed by atoms with Gasteiger partial charge in [-0.15, -0.1) is 0 Å². The van der Waals surface area contributed by atoms with Gasteiger partial charge in [-0.1, -0.05) is 29.8 Å². The van der Waals surface area contributed by atoms with E-state index in [0.717, 1.165) is 5.56 Å². The smallest absolute Gasteiger partial charge is 0.169 e. The topological polar surface area (TPSA) is 38.7 Å². The van der Waals surface area contributed by atoms with Gasteiger partial charge in [0.15, 0.2) is 11.5 Å². The molecule has 2 rings (SSSR count). The third-order valence-electron chi connectivity index (χ3n) is 2.73. The zero-order chi connectivity index (χ0) is 13.8. The lowest BCUT2D eigenvalue weighted by Gasteiger charge is -2.12. The number of benzene rings is 2. The highest BCUT2D eigenvalue weighted by atomic mass is 35.5. The molecule has 0 amide bonds. The molecule has 2 aromatic carbocycles. The monoisotopic (exact) mass is 278 g/mol. The highest BCUT2D eigenvalue weighted by Crippen LogP contribution is 2.35. The fraction of sp³-hybridized carbons (Fsp3) is 0.200. The van der Waals surface area contributed by atoms with Crippen LogP contribution in [0.4, 0.5) is 0 Å². The van der Waals surface area contributed by atoms with Gasteiger partial charge in [0.25, 0.3) is 0 Å². The van der Waals surface area contributed by atoms with Crippen molar-refractivity contribution in [2.45, 2.75) is 13.0 Å². The molecule has 1 unspecified atom stereocenters. The van der Waals surface area contributed by atoms with Gasteiger partial charge >= 0.3 is 0 Å². The summed E-state index contributed by atoms with van der Waals surface area (Å²) in [7, 11) is 1.58. The standard InChI is InChI=1S/C15H15ClO3/c1-10(17)11-7-8-13(12(16)9-11)19-15-6-4-3-5-14(15)18-2/h3-10,17H,1-2H3. The Kier molecular flexibility index (Phi) is 4.30. The molecule has 0 saturated heterocycles. The summed E-state index contributed by atoms with van der Waals surface area (Å²) in [5.74, 6) is 1.76. The molecule has 0 aliphatic rings. The van der Waals surface area contributed by atoms with Gasteiger partial charge in [0.2, 0.25) is 0 Å². The number of para-hydroxylation sites is 2. The summed E-state index contributed by atoms with van der Waals surface area (Å²) in [6.45, 7) is 1.69. The van der Waals surface area contributed by atoms with E-state index in [9.17, 15) is 5.11 Å². The second kappa shape index (κ2) is 5.95. The lowest BCUT2D eigenvalue weighted by atomic mass is 10.1. The van der Waals surface area contributed by atoms with Crippen LogP contribution < -0.4 is 9.47 Å². The summed E-state index contributed by atoms with van der Waals surface area (Å²) in [5, 5.41) is 9.94. The van der Waals surface area contributed by atoms with E-state index in [0.29, 0.717) is 22.3 Å². The van der Waals surface area contributed by atoms with Crippen molar-refractivity contribution in [3.05, 3.63) is 53.1 Å². The van der Waals surface area contributed by atoms with E-state index in [1.165, 1.54) is 0 Å². The van der Waals surface area contributed by atoms with Gasteiger partial charge < -0.3 is 14.6 Å². The Morgan fingerprint density at radius 1 is 1.05 bits per heavy atom. The minimum absolute atomic E-state index is 0.448. The normalized spacial score (nSPS) is 12.0. The predicted octanol–water partition coefficient (Wildman–Crippen LogP) is 4.19. The highest BCUT2D eigenvalue weighted by molar-refractivity contribution is 6.32. The van der Waals surface area contributed by atoms with Crippen molar-refractivity contribution in [1.82, 2.24) is 0 Å². The zero-order valence-electron chi connectivity index (χ0n) is 10.8. The number of rotatable bonds is 4. The summed E-state index contributed by atoms with van der Waals surface area (Å²) >= 11 is 6.14. The number of aliphatic hydroxyl groups is 1. The van der Waals surface area contributed by atoms with Crippen LogP contribution in [0.2, 0.25) is 5.02 Å². The molecule has 19 heavy (non-hydrogen) atoms. The van der Waals surface area contributed by atoms with E-state index in [2.05, 4.69) is 0 Å². The van der Waals surface area contributed by atoms with Crippen molar-refractivity contribution in [3.8, 4) is 17.2 Å². The van der Waals surface area contributed by atoms with Gasteiger partial charge in [-0.2, -0.15) is 0 Å². The molecule has 0 aliphatic carbocycles. The van der Waals surface area contributed by atoms with Crippen LogP contribution in [-0.2, 0) is 0 Å². The van der Waals surface area contributed by atoms with Gasteiger partial charge in [0.05, 0.1) is 18.2 Å². The Labute approximate surface area is 117 Å². The van der Waals surface area contributed by atoms with E-state index in [4.69, 9.17) is 21.1 Å². The Hall–Kier alpha value is -1.71. The minimum atomic E-state index is -0.558. The molecular formula is C15H15ClO3. The first-order chi connectivity index (χ1) is 9.11. The summed E-state index contributed by atoms with van der Waals surface area (Å²) in [6.07, 6.45) is -0.558. The Bertz CT molecular complexity index is 567. The van der Waals surface area contributed by atoms with Crippen LogP contribution in [0, 0.1) is 0 Å². The first-order valence-electron chi connectivity index (χ1n) is 5.90. The van der Waals surface area contributed by atoms with Crippen molar-refractivity contribution in [2.24, 2.45) is 0 Å². The molecule has 0 aromatic heterocycles. The molecule has 0 spiro atoms. The molecule has 1 atom stereocenters. The maximum absolute atomic E-state index is 9.49. The van der Waals surface area contributed by atoms with E-state index in [1.54, 1.807) is 38.3 Å². The fourth-order valence-electron chi connectivity index (χ4n) is 1.68. The molecule has 0 bridgehead atoms. The summed E-state index contributed by atoms with van der Waals surface area (Å²) in [4.78, 5) is 0. The van der Waals surface area contributed by atoms with Gasteiger partial charge in [-0.25, -0.2) is 0 Å². The van der Waals surface area contributed by atoms with Crippen molar-refractivity contribution in [1.29, 1.82) is 0 Å². The van der Waals surface area contributed by atoms with Crippen LogP contribution in [0.5, 0.6) is 17.2 Å². The third-order valence-corrected chi connectivity index (χ3v) is 3.02. The molecule has 0 fully saturated rings. The number of halogens is 1. The van der Waals surface area contributed by atoms with E-state index >= 15 is 0 Å². The maximum Gasteiger partial charge on any atom is 0.169 e. The molecule has 3 nitrogen and oxygen atoms in total. The van der Waals surface area contributed by atoms with Crippen molar-refractivity contribution >= 4 is 11.6 Å². The zero-order valence-corrected chi connectivity index (χ0v) is 11.5. The third kappa shape index (κ3) is 3.19. The number of hydrogen-bond acceptors (Lipinski definition) is 3. The number of ether oxygens (including phenoxy) is 2. The van der Waals surface area contributed by atoms with Crippen LogP contribution in [-0.4, -0.2) is 12.2 Å². The van der Waals surface area contributed by atoms with Crippen LogP contribution in [0.1, 0.15) is 18.6 Å². The van der Waals surface area contributed by atoms with E-state index < -0.39 is 6.10 Å². The Morgan fingerprint density at radius 2 is 1.74 bits per heavy atom. The molecule has 0 radical (unpaired) electrons. The number of hydrogen-bond donors (Lipinski definition) is 1. The molecule has 2 aromatic rings. The predicted molar refractivity (Wildman–Crippen MR) is 75.2 cm³/mol. The van der Waals surface area contributed by atoms with E-state index in [1.807, 2.05) is 18.2 Å². The first kappa shape index (κ1) is 13.7. The van der Waals surface area contributed by atoms with Gasteiger partial charge in [0, 0.05) is 0 Å². The fourth-order valence-corrected chi connectivity index (χ4v) is 1.91. The average Bonchev–Trinajstić information content (AvgIpc) is 2.41. The Morgan fingerprint density at radius 3 is 2.32 bits per heavy atom. The summed E-state index contributed by atoms with van der Waals surface area (Å²) in [5.41, 5.74) is 0.748. The van der Waals surface area contributed by atoms with Crippen LogP contribution in [0.3, 0.4) is 0 Å². The molecule has 0 aliphatic heterocycles. The van der Waals surface area contributed by atoms with Gasteiger partial charge in [-0.3, -0.25) is 0 Å². The van der Waals surface area contributed by atoms with E-state index in [-0.39, 0.29) is 0 Å². The second-order valence-corrected chi connectivity index (χ2v) is 4.53. The lowest BCUT2D eigenvalue weighted by Crippen LogP contribution is -1.93. The van der Waals surface area contributed by atoms with Gasteiger partial charge in [-0.05, 0) is 36.8 Å². The van der Waals surface area contributed by atoms with Crippen molar-refractivity contribution in [2.75, 3.05) is 7.11 Å². The summed E-state index contributed by atoms with van der Waals surface area (Å²) < 4.78 is 10.9. The average molecular weight is 279 g/mol. The van der Waals surface area contributed by atoms with Crippen LogP contribution in [0.25, 0.3) is 0 Å². The molecule has 4 heteroatoms. The van der Waals surface area contributed by atoms with Crippen molar-refractivity contribution in [3.63, 3.8) is 0 Å². The number of aliphatic hydroxyl groups excluding tert-OH is 1. The van der Waals surface area contributed by atoms with Crippen molar-refractivity contribution < 1.29 is 14.6 Å². The second-order valence-electron chi connectivity index (χ2n) is 4.12. The largest absolute Gasteiger partial charge is 0.493 e. The SMILES string of the molecule is COc1ccccc1Oc1ccc(C(C)O)cc1Cl. The summed E-state index contributed by atoms with van der Waals surface area (Å²) in [6, 6.07) is 12.5. The van der Waals surface area contributed by atoms with Gasteiger partial charge in [0.1, 0.15) is 5.75 Å². The molecular weight excluding hydrogens is 264 g/mol. The molecule has 0 saturated carbocycles. The maximum atomic E-state index is 9.49. The Balaban J connectivity index is 2.28. The molecule has 1 N–H and O–H groups in total. The quantitative estimate of drug-likeness (QED) is 0.911. The first-order valence-corrected chi connectivity index (χ1v) is 6.28. The van der Waals surface area contributed by atoms with Crippen LogP contribution in [0.15, 0.2) is 42.5 Å². The molecule has 100 valence electrons.